The number of hydrogen-bond acceptors (Lipinski definition) is 3. The molecule has 0 atom stereocenters. The highest BCUT2D eigenvalue weighted by atomic mass is 16.5. The lowest BCUT2D eigenvalue weighted by Gasteiger charge is -2.09. The van der Waals surface area contributed by atoms with E-state index in [0.717, 1.165) is 45.0 Å². The SMILES string of the molecule is CC.CCOC(=O)Cn1c(C)c(Cc2ccc(NC(=O)c3ccc4ccccc4c3)cc2)c2ccccc21. The maximum Gasteiger partial charge on any atom is 0.325 e. The Hall–Kier alpha value is -4.38. The van der Waals surface area contributed by atoms with Gasteiger partial charge in [-0.1, -0.05) is 74.5 Å². The van der Waals surface area contributed by atoms with Gasteiger partial charge < -0.3 is 14.6 Å². The second-order valence-corrected chi connectivity index (χ2v) is 8.86. The van der Waals surface area contributed by atoms with Gasteiger partial charge in [0.05, 0.1) is 6.61 Å². The molecule has 4 aromatic carbocycles. The second-order valence-electron chi connectivity index (χ2n) is 8.86. The molecule has 194 valence electrons. The molecule has 0 saturated carbocycles. The number of carbonyl (C=O) groups excluding carboxylic acids is 2. The molecule has 0 aliphatic carbocycles. The molecule has 0 saturated heterocycles. The number of para-hydroxylation sites is 1. The van der Waals surface area contributed by atoms with E-state index in [9.17, 15) is 9.59 Å². The highest BCUT2D eigenvalue weighted by Gasteiger charge is 2.17. The lowest BCUT2D eigenvalue weighted by Crippen LogP contribution is -2.14. The van der Waals surface area contributed by atoms with Crippen molar-refractivity contribution in [3.05, 3.63) is 113 Å². The first-order valence-corrected chi connectivity index (χ1v) is 13.1. The van der Waals surface area contributed by atoms with Crippen LogP contribution in [-0.2, 0) is 22.5 Å². The maximum atomic E-state index is 12.8. The maximum absolute atomic E-state index is 12.8. The highest BCUT2D eigenvalue weighted by molar-refractivity contribution is 6.06. The van der Waals surface area contributed by atoms with Crippen LogP contribution in [0.1, 0.15) is 48.0 Å². The Kier molecular flexibility index (Phi) is 8.59. The average molecular weight is 507 g/mol. The zero-order valence-electron chi connectivity index (χ0n) is 22.5. The Balaban J connectivity index is 0.00000164. The number of nitrogens with one attached hydrogen (secondary N) is 1. The number of ether oxygens (including phenoxy) is 1. The summed E-state index contributed by atoms with van der Waals surface area (Å²) in [4.78, 5) is 25.0. The van der Waals surface area contributed by atoms with Crippen molar-refractivity contribution < 1.29 is 14.3 Å². The first-order chi connectivity index (χ1) is 18.5. The fourth-order valence-corrected chi connectivity index (χ4v) is 4.71. The van der Waals surface area contributed by atoms with Crippen molar-refractivity contribution >= 4 is 39.2 Å². The van der Waals surface area contributed by atoms with Crippen LogP contribution in [0.2, 0.25) is 0 Å². The molecule has 5 heteroatoms. The summed E-state index contributed by atoms with van der Waals surface area (Å²) >= 11 is 0. The van der Waals surface area contributed by atoms with Crippen LogP contribution < -0.4 is 5.32 Å². The summed E-state index contributed by atoms with van der Waals surface area (Å²) in [5.74, 6) is -0.370. The van der Waals surface area contributed by atoms with Crippen LogP contribution in [0.5, 0.6) is 0 Å². The fraction of sp³-hybridized carbons (Fsp3) is 0.212. The van der Waals surface area contributed by atoms with Gasteiger partial charge in [0.15, 0.2) is 0 Å². The summed E-state index contributed by atoms with van der Waals surface area (Å²) in [6.07, 6.45) is 0.723. The lowest BCUT2D eigenvalue weighted by molar-refractivity contribution is -0.143. The normalized spacial score (nSPS) is 10.6. The minimum absolute atomic E-state index is 0.133. The van der Waals surface area contributed by atoms with E-state index in [1.165, 1.54) is 5.56 Å². The highest BCUT2D eigenvalue weighted by Crippen LogP contribution is 2.28. The number of fused-ring (bicyclic) bond motifs is 2. The van der Waals surface area contributed by atoms with E-state index in [0.29, 0.717) is 12.2 Å². The topological polar surface area (TPSA) is 60.3 Å². The molecule has 0 fully saturated rings. The quantitative estimate of drug-likeness (QED) is 0.232. The average Bonchev–Trinajstić information content (AvgIpc) is 3.21. The smallest absolute Gasteiger partial charge is 0.325 e. The van der Waals surface area contributed by atoms with Gasteiger partial charge in [-0.2, -0.15) is 0 Å². The summed E-state index contributed by atoms with van der Waals surface area (Å²) in [5.41, 5.74) is 5.76. The molecular formula is C33H34N2O3. The molecule has 0 aliphatic rings. The Morgan fingerprint density at radius 2 is 1.53 bits per heavy atom. The number of rotatable bonds is 7. The van der Waals surface area contributed by atoms with Gasteiger partial charge in [0.1, 0.15) is 6.54 Å². The Morgan fingerprint density at radius 1 is 0.842 bits per heavy atom. The van der Waals surface area contributed by atoms with E-state index in [4.69, 9.17) is 4.74 Å². The van der Waals surface area contributed by atoms with Crippen LogP contribution in [0.25, 0.3) is 21.7 Å². The predicted molar refractivity (Wildman–Crippen MR) is 156 cm³/mol. The summed E-state index contributed by atoms with van der Waals surface area (Å²) in [6, 6.07) is 29.8. The van der Waals surface area contributed by atoms with E-state index in [-0.39, 0.29) is 18.4 Å². The lowest BCUT2D eigenvalue weighted by atomic mass is 10.0. The van der Waals surface area contributed by atoms with Crippen LogP contribution in [0.3, 0.4) is 0 Å². The molecule has 1 heterocycles. The minimum atomic E-state index is -0.237. The molecule has 0 unspecified atom stereocenters. The van der Waals surface area contributed by atoms with Gasteiger partial charge in [0, 0.05) is 27.8 Å². The van der Waals surface area contributed by atoms with Gasteiger partial charge >= 0.3 is 5.97 Å². The van der Waals surface area contributed by atoms with Gasteiger partial charge in [-0.25, -0.2) is 0 Å². The minimum Gasteiger partial charge on any atom is -0.465 e. The number of esters is 1. The monoisotopic (exact) mass is 506 g/mol. The molecule has 0 radical (unpaired) electrons. The zero-order valence-corrected chi connectivity index (χ0v) is 22.5. The summed E-state index contributed by atoms with van der Waals surface area (Å²) in [5, 5.41) is 6.28. The summed E-state index contributed by atoms with van der Waals surface area (Å²) in [7, 11) is 0. The van der Waals surface area contributed by atoms with E-state index >= 15 is 0 Å². The van der Waals surface area contributed by atoms with E-state index in [1.807, 2.05) is 117 Å². The fourth-order valence-electron chi connectivity index (χ4n) is 4.71. The molecule has 38 heavy (non-hydrogen) atoms. The Bertz CT molecular complexity index is 1570. The first-order valence-electron chi connectivity index (χ1n) is 13.1. The van der Waals surface area contributed by atoms with Crippen LogP contribution in [0.15, 0.2) is 91.0 Å². The van der Waals surface area contributed by atoms with E-state index in [2.05, 4.69) is 11.4 Å². The number of hydrogen-bond donors (Lipinski definition) is 1. The van der Waals surface area contributed by atoms with Gasteiger partial charge in [-0.15, -0.1) is 0 Å². The van der Waals surface area contributed by atoms with Crippen LogP contribution in [0.4, 0.5) is 5.69 Å². The third-order valence-electron chi connectivity index (χ3n) is 6.56. The summed E-state index contributed by atoms with van der Waals surface area (Å²) in [6.45, 7) is 8.43. The number of nitrogens with zero attached hydrogens (tertiary/aromatic N) is 1. The van der Waals surface area contributed by atoms with Crippen LogP contribution in [0, 0.1) is 6.92 Å². The number of amides is 1. The van der Waals surface area contributed by atoms with Gasteiger partial charge in [0.2, 0.25) is 0 Å². The molecule has 5 aromatic rings. The molecule has 1 aromatic heterocycles. The van der Waals surface area contributed by atoms with Gasteiger partial charge in [0.25, 0.3) is 5.91 Å². The zero-order chi connectivity index (χ0) is 27.1. The van der Waals surface area contributed by atoms with Crippen molar-refractivity contribution in [1.82, 2.24) is 4.57 Å². The molecule has 1 amide bonds. The molecule has 0 spiro atoms. The Labute approximate surface area is 224 Å². The van der Waals surface area contributed by atoms with Crippen molar-refractivity contribution in [3.8, 4) is 0 Å². The molecular weight excluding hydrogens is 472 g/mol. The van der Waals surface area contributed by atoms with Crippen LogP contribution in [-0.4, -0.2) is 23.1 Å². The van der Waals surface area contributed by atoms with Crippen molar-refractivity contribution in [2.24, 2.45) is 0 Å². The van der Waals surface area contributed by atoms with Crippen molar-refractivity contribution in [2.75, 3.05) is 11.9 Å². The number of aromatic nitrogens is 1. The van der Waals surface area contributed by atoms with E-state index in [1.54, 1.807) is 0 Å². The molecule has 0 aliphatic heterocycles. The number of benzene rings is 4. The van der Waals surface area contributed by atoms with Gasteiger partial charge in [-0.3, -0.25) is 9.59 Å². The summed E-state index contributed by atoms with van der Waals surface area (Å²) < 4.78 is 7.21. The van der Waals surface area contributed by atoms with Crippen LogP contribution >= 0.6 is 0 Å². The van der Waals surface area contributed by atoms with Crippen molar-refractivity contribution in [1.29, 1.82) is 0 Å². The Morgan fingerprint density at radius 3 is 2.26 bits per heavy atom. The molecule has 0 bridgehead atoms. The third kappa shape index (κ3) is 5.78. The van der Waals surface area contributed by atoms with Crippen molar-refractivity contribution in [3.63, 3.8) is 0 Å². The van der Waals surface area contributed by atoms with Gasteiger partial charge in [-0.05, 0) is 72.5 Å². The molecule has 5 rings (SSSR count). The van der Waals surface area contributed by atoms with E-state index < -0.39 is 0 Å². The second kappa shape index (κ2) is 12.2. The molecule has 1 N–H and O–H groups in total. The standard InChI is InChI=1S/C31H28N2O3.C2H6/c1-3-36-30(34)20-33-21(2)28(27-10-6-7-11-29(27)33)18-22-12-16-26(17-13-22)32-31(35)25-15-14-23-8-4-5-9-24(23)19-25;1-2/h4-17,19H,3,18,20H2,1-2H3,(H,32,35);1-2H3. The molecule has 5 nitrogen and oxygen atoms in total. The first kappa shape index (κ1) is 26.7. The predicted octanol–water partition coefficient (Wildman–Crippen LogP) is 7.54. The van der Waals surface area contributed by atoms with Crippen molar-refractivity contribution in [2.45, 2.75) is 40.7 Å². The third-order valence-corrected chi connectivity index (χ3v) is 6.56. The number of carbonyl (C=O) groups is 2. The number of anilines is 1. The largest absolute Gasteiger partial charge is 0.465 e.